The first kappa shape index (κ1) is 20.3. The molecule has 3 heterocycles. The highest BCUT2D eigenvalue weighted by Crippen LogP contribution is 2.41. The number of hydrogen-bond donors (Lipinski definition) is 2. The van der Waals surface area contributed by atoms with E-state index < -0.39 is 12.3 Å². The average molecular weight is 422 g/mol. The number of carbonyl (C=O) groups is 1. The van der Waals surface area contributed by atoms with Crippen molar-refractivity contribution in [1.82, 2.24) is 4.90 Å². The number of benzene rings is 2. The van der Waals surface area contributed by atoms with Crippen LogP contribution in [0.2, 0.25) is 0 Å². The highest BCUT2D eigenvalue weighted by atomic mass is 16.5. The lowest BCUT2D eigenvalue weighted by molar-refractivity contribution is 0.108. The van der Waals surface area contributed by atoms with E-state index in [-0.39, 0.29) is 0 Å². The van der Waals surface area contributed by atoms with Crippen molar-refractivity contribution >= 4 is 23.2 Å². The Bertz CT molecular complexity index is 943. The van der Waals surface area contributed by atoms with Crippen LogP contribution in [0.3, 0.4) is 0 Å². The smallest absolute Gasteiger partial charge is 0.411 e. The standard InChI is InChI=1S/C25H31N3O3/c1-2-31-25(30)26-19-10-9-18-8-7-17-5-3-4-6-22(17)28(23(18)15-19)24(29)16-27-20-11-12-21(27)14-13-20/h3-6,9-10,15,20-21,24,29H,2,7-8,11-14,16H2,1H3,(H,26,30). The summed E-state index contributed by atoms with van der Waals surface area (Å²) in [6, 6.07) is 15.5. The fourth-order valence-corrected chi connectivity index (χ4v) is 5.63. The second kappa shape index (κ2) is 8.52. The van der Waals surface area contributed by atoms with Gasteiger partial charge in [0, 0.05) is 35.7 Å². The summed E-state index contributed by atoms with van der Waals surface area (Å²) in [6.45, 7) is 2.75. The quantitative estimate of drug-likeness (QED) is 0.747. The minimum Gasteiger partial charge on any atom is -0.450 e. The van der Waals surface area contributed by atoms with E-state index in [0.717, 1.165) is 24.2 Å². The number of amides is 1. The van der Waals surface area contributed by atoms with Crippen molar-refractivity contribution in [1.29, 1.82) is 0 Å². The molecule has 164 valence electrons. The van der Waals surface area contributed by atoms with E-state index in [1.54, 1.807) is 6.92 Å². The van der Waals surface area contributed by atoms with Crippen LogP contribution in [-0.2, 0) is 17.6 Å². The molecule has 0 aromatic heterocycles. The Morgan fingerprint density at radius 2 is 1.74 bits per heavy atom. The molecule has 1 amide bonds. The Morgan fingerprint density at radius 3 is 2.45 bits per heavy atom. The third kappa shape index (κ3) is 3.90. The van der Waals surface area contributed by atoms with Gasteiger partial charge in [0.25, 0.3) is 0 Å². The van der Waals surface area contributed by atoms with Gasteiger partial charge in [-0.05, 0) is 74.8 Å². The zero-order valence-corrected chi connectivity index (χ0v) is 18.1. The predicted molar refractivity (Wildman–Crippen MR) is 122 cm³/mol. The number of aryl methyl sites for hydroxylation is 2. The zero-order valence-electron chi connectivity index (χ0n) is 18.1. The van der Waals surface area contributed by atoms with Crippen LogP contribution in [0, 0.1) is 0 Å². The number of hydrogen-bond acceptors (Lipinski definition) is 5. The minimum absolute atomic E-state index is 0.327. The monoisotopic (exact) mass is 421 g/mol. The van der Waals surface area contributed by atoms with Gasteiger partial charge in [-0.2, -0.15) is 0 Å². The molecule has 3 aliphatic rings. The molecule has 2 N–H and O–H groups in total. The molecule has 0 aliphatic carbocycles. The van der Waals surface area contributed by atoms with E-state index in [1.165, 1.54) is 36.8 Å². The molecular formula is C25H31N3O3. The number of nitrogens with one attached hydrogen (secondary N) is 1. The van der Waals surface area contributed by atoms with Crippen LogP contribution >= 0.6 is 0 Å². The number of carbonyl (C=O) groups excluding carboxylic acids is 1. The lowest BCUT2D eigenvalue weighted by atomic mass is 10.0. The van der Waals surface area contributed by atoms with Gasteiger partial charge in [0.2, 0.25) is 0 Å². The maximum Gasteiger partial charge on any atom is 0.411 e. The molecule has 1 unspecified atom stereocenters. The Kier molecular flexibility index (Phi) is 5.59. The van der Waals surface area contributed by atoms with Gasteiger partial charge in [0.05, 0.1) is 6.61 Å². The Labute approximate surface area is 183 Å². The van der Waals surface area contributed by atoms with Crippen molar-refractivity contribution < 1.29 is 14.6 Å². The third-order valence-electron chi connectivity index (χ3n) is 7.06. The van der Waals surface area contributed by atoms with Crippen molar-refractivity contribution in [2.75, 3.05) is 23.4 Å². The zero-order chi connectivity index (χ0) is 21.4. The normalized spacial score (nSPS) is 23.1. The number of fused-ring (bicyclic) bond motifs is 4. The third-order valence-corrected chi connectivity index (χ3v) is 7.06. The molecule has 2 fully saturated rings. The van der Waals surface area contributed by atoms with Crippen LogP contribution < -0.4 is 10.2 Å². The summed E-state index contributed by atoms with van der Waals surface area (Å²) in [5.41, 5.74) is 5.10. The molecule has 31 heavy (non-hydrogen) atoms. The van der Waals surface area contributed by atoms with E-state index in [0.29, 0.717) is 30.9 Å². The van der Waals surface area contributed by atoms with Gasteiger partial charge in [-0.25, -0.2) is 4.79 Å². The first-order valence-corrected chi connectivity index (χ1v) is 11.5. The number of ether oxygens (including phenoxy) is 1. The molecular weight excluding hydrogens is 390 g/mol. The van der Waals surface area contributed by atoms with Crippen molar-refractivity contribution in [3.05, 3.63) is 53.6 Å². The molecule has 5 rings (SSSR count). The molecule has 6 heteroatoms. The number of aliphatic hydroxyl groups is 1. The molecule has 2 aromatic carbocycles. The highest BCUT2D eigenvalue weighted by molar-refractivity contribution is 5.86. The first-order valence-electron chi connectivity index (χ1n) is 11.5. The van der Waals surface area contributed by atoms with Crippen molar-refractivity contribution in [2.45, 2.75) is 63.8 Å². The van der Waals surface area contributed by atoms with E-state index in [2.05, 4.69) is 39.4 Å². The second-order valence-corrected chi connectivity index (χ2v) is 8.83. The Balaban J connectivity index is 1.50. The fraction of sp³-hybridized carbons (Fsp3) is 0.480. The van der Waals surface area contributed by atoms with Crippen molar-refractivity contribution in [3.63, 3.8) is 0 Å². The number of para-hydroxylation sites is 1. The van der Waals surface area contributed by atoms with Crippen LogP contribution in [0.25, 0.3) is 0 Å². The molecule has 6 nitrogen and oxygen atoms in total. The van der Waals surface area contributed by atoms with E-state index in [9.17, 15) is 9.90 Å². The molecule has 3 aliphatic heterocycles. The largest absolute Gasteiger partial charge is 0.450 e. The second-order valence-electron chi connectivity index (χ2n) is 8.83. The van der Waals surface area contributed by atoms with Crippen LogP contribution in [0.15, 0.2) is 42.5 Å². The number of anilines is 3. The summed E-state index contributed by atoms with van der Waals surface area (Å²) in [5.74, 6) is 0. The first-order chi connectivity index (χ1) is 15.1. The van der Waals surface area contributed by atoms with E-state index in [4.69, 9.17) is 4.74 Å². The Hall–Kier alpha value is -2.57. The molecule has 0 radical (unpaired) electrons. The summed E-state index contributed by atoms with van der Waals surface area (Å²) >= 11 is 0. The molecule has 1 atom stereocenters. The van der Waals surface area contributed by atoms with Gasteiger partial charge < -0.3 is 14.7 Å². The maximum atomic E-state index is 12.0. The highest BCUT2D eigenvalue weighted by Gasteiger charge is 2.41. The SMILES string of the molecule is CCOC(=O)Nc1ccc2c(c1)N(C(O)CN1C3CCC1CC3)c1ccccc1CC2. The lowest BCUT2D eigenvalue weighted by Gasteiger charge is -2.35. The summed E-state index contributed by atoms with van der Waals surface area (Å²) in [5, 5.41) is 14.4. The van der Waals surface area contributed by atoms with Gasteiger partial charge in [0.15, 0.2) is 0 Å². The Morgan fingerprint density at radius 1 is 1.06 bits per heavy atom. The van der Waals surface area contributed by atoms with E-state index in [1.807, 2.05) is 18.2 Å². The average Bonchev–Trinajstić information content (AvgIpc) is 3.27. The fourth-order valence-electron chi connectivity index (χ4n) is 5.63. The minimum atomic E-state index is -0.656. The van der Waals surface area contributed by atoms with Crippen molar-refractivity contribution in [3.8, 4) is 0 Å². The number of aliphatic hydroxyl groups excluding tert-OH is 1. The maximum absolute atomic E-state index is 12.0. The topological polar surface area (TPSA) is 65.0 Å². The number of nitrogens with zero attached hydrogens (tertiary/aromatic N) is 2. The van der Waals surface area contributed by atoms with Gasteiger partial charge in [-0.3, -0.25) is 10.2 Å². The summed E-state index contributed by atoms with van der Waals surface area (Å²) in [6.07, 6.45) is 5.69. The number of rotatable bonds is 5. The van der Waals surface area contributed by atoms with Crippen LogP contribution in [0.1, 0.15) is 43.7 Å². The van der Waals surface area contributed by atoms with Crippen molar-refractivity contribution in [2.24, 2.45) is 0 Å². The molecule has 2 saturated heterocycles. The van der Waals surface area contributed by atoms with Gasteiger partial charge >= 0.3 is 6.09 Å². The molecule has 2 aromatic rings. The van der Waals surface area contributed by atoms with Gasteiger partial charge in [-0.1, -0.05) is 24.3 Å². The van der Waals surface area contributed by atoms with Crippen LogP contribution in [0.4, 0.5) is 21.9 Å². The van der Waals surface area contributed by atoms with Crippen LogP contribution in [-0.4, -0.2) is 47.6 Å². The van der Waals surface area contributed by atoms with E-state index >= 15 is 0 Å². The summed E-state index contributed by atoms with van der Waals surface area (Å²) < 4.78 is 5.04. The molecule has 2 bridgehead atoms. The summed E-state index contributed by atoms with van der Waals surface area (Å²) in [7, 11) is 0. The molecule has 0 saturated carbocycles. The predicted octanol–water partition coefficient (Wildman–Crippen LogP) is 4.44. The van der Waals surface area contributed by atoms with Crippen LogP contribution in [0.5, 0.6) is 0 Å². The van der Waals surface area contributed by atoms with Gasteiger partial charge in [0.1, 0.15) is 6.23 Å². The lowest BCUT2D eigenvalue weighted by Crippen LogP contribution is -2.44. The molecule has 0 spiro atoms. The van der Waals surface area contributed by atoms with Gasteiger partial charge in [-0.15, -0.1) is 0 Å². The summed E-state index contributed by atoms with van der Waals surface area (Å²) in [4.78, 5) is 16.6.